The Labute approximate surface area is 141 Å². The summed E-state index contributed by atoms with van der Waals surface area (Å²) >= 11 is 3.30. The number of hydroxylamine groups is 1. The third kappa shape index (κ3) is 4.24. The first kappa shape index (κ1) is 16.9. The Morgan fingerprint density at radius 1 is 1.17 bits per heavy atom. The second-order valence-electron chi connectivity index (χ2n) is 4.69. The molecule has 2 aromatic rings. The second-order valence-corrected chi connectivity index (χ2v) is 5.55. The first-order valence-corrected chi connectivity index (χ1v) is 7.45. The minimum atomic E-state index is -0.584. The standard InChI is InChI=1S/C16H14BrN3O3/c1-10-8-11(15(21)20-23)6-7-12(10)9-18-19-16(22)13-4-2-3-5-14(13)17/h2-9,23H,1H3,(H,19,22)(H,20,21)/b18-9+. The van der Waals surface area contributed by atoms with Crippen LogP contribution in [0.4, 0.5) is 0 Å². The van der Waals surface area contributed by atoms with Crippen molar-refractivity contribution in [2.75, 3.05) is 0 Å². The number of carbonyl (C=O) groups excluding carboxylic acids is 2. The molecule has 23 heavy (non-hydrogen) atoms. The van der Waals surface area contributed by atoms with Crippen molar-refractivity contribution in [3.63, 3.8) is 0 Å². The van der Waals surface area contributed by atoms with Crippen molar-refractivity contribution in [3.05, 3.63) is 69.2 Å². The number of benzene rings is 2. The van der Waals surface area contributed by atoms with Gasteiger partial charge in [0, 0.05) is 10.0 Å². The van der Waals surface area contributed by atoms with Crippen LogP contribution in [0.3, 0.4) is 0 Å². The molecule has 118 valence electrons. The SMILES string of the molecule is Cc1cc(C(=O)NO)ccc1/C=N/NC(=O)c1ccccc1Br. The Hall–Kier alpha value is -2.51. The van der Waals surface area contributed by atoms with Gasteiger partial charge in [0.1, 0.15) is 0 Å². The van der Waals surface area contributed by atoms with Crippen molar-refractivity contribution in [2.45, 2.75) is 6.92 Å². The van der Waals surface area contributed by atoms with Gasteiger partial charge in [0.25, 0.3) is 11.8 Å². The Morgan fingerprint density at radius 3 is 2.57 bits per heavy atom. The lowest BCUT2D eigenvalue weighted by atomic mass is 10.1. The molecule has 0 fully saturated rings. The zero-order valence-corrected chi connectivity index (χ0v) is 13.8. The molecule has 2 amide bonds. The highest BCUT2D eigenvalue weighted by molar-refractivity contribution is 9.10. The Kier molecular flexibility index (Phi) is 5.61. The molecule has 7 heteroatoms. The van der Waals surface area contributed by atoms with Crippen LogP contribution in [-0.4, -0.2) is 23.2 Å². The predicted octanol–water partition coefficient (Wildman–Crippen LogP) is 2.64. The number of nitrogens with zero attached hydrogens (tertiary/aromatic N) is 1. The zero-order valence-electron chi connectivity index (χ0n) is 12.2. The molecule has 0 saturated heterocycles. The summed E-state index contributed by atoms with van der Waals surface area (Å²) in [5.74, 6) is -0.915. The van der Waals surface area contributed by atoms with Gasteiger partial charge in [0.15, 0.2) is 0 Å². The van der Waals surface area contributed by atoms with Crippen molar-refractivity contribution in [3.8, 4) is 0 Å². The van der Waals surface area contributed by atoms with Crippen molar-refractivity contribution in [1.29, 1.82) is 0 Å². The second kappa shape index (κ2) is 7.66. The molecule has 0 heterocycles. The fourth-order valence-electron chi connectivity index (χ4n) is 1.89. The summed E-state index contributed by atoms with van der Waals surface area (Å²) < 4.78 is 0.684. The number of amides is 2. The van der Waals surface area contributed by atoms with Crippen LogP contribution in [0.5, 0.6) is 0 Å². The van der Waals surface area contributed by atoms with E-state index in [-0.39, 0.29) is 5.91 Å². The number of halogens is 1. The Balaban J connectivity index is 2.08. The molecule has 0 unspecified atom stereocenters. The van der Waals surface area contributed by atoms with Gasteiger partial charge in [-0.15, -0.1) is 0 Å². The molecule has 0 bridgehead atoms. The lowest BCUT2D eigenvalue weighted by Gasteiger charge is -2.04. The molecule has 0 spiro atoms. The summed E-state index contributed by atoms with van der Waals surface area (Å²) in [6, 6.07) is 11.9. The molecule has 0 aliphatic heterocycles. The highest BCUT2D eigenvalue weighted by Crippen LogP contribution is 2.15. The summed E-state index contributed by atoms with van der Waals surface area (Å²) in [6.07, 6.45) is 1.49. The molecule has 0 aliphatic rings. The van der Waals surface area contributed by atoms with E-state index in [0.29, 0.717) is 15.6 Å². The summed E-state index contributed by atoms with van der Waals surface area (Å²) in [5, 5.41) is 12.5. The van der Waals surface area contributed by atoms with Crippen LogP contribution in [0.25, 0.3) is 0 Å². The summed E-state index contributed by atoms with van der Waals surface area (Å²) in [4.78, 5) is 23.3. The molecular formula is C16H14BrN3O3. The van der Waals surface area contributed by atoms with E-state index in [0.717, 1.165) is 11.1 Å². The normalized spacial score (nSPS) is 10.6. The average molecular weight is 376 g/mol. The van der Waals surface area contributed by atoms with Gasteiger partial charge in [-0.05, 0) is 58.2 Å². The molecule has 0 atom stereocenters. The van der Waals surface area contributed by atoms with Crippen molar-refractivity contribution < 1.29 is 14.8 Å². The number of nitrogens with one attached hydrogen (secondary N) is 2. The highest BCUT2D eigenvalue weighted by atomic mass is 79.9. The van der Waals surface area contributed by atoms with E-state index in [9.17, 15) is 9.59 Å². The van der Waals surface area contributed by atoms with Crippen LogP contribution in [0.15, 0.2) is 52.0 Å². The van der Waals surface area contributed by atoms with Crippen molar-refractivity contribution >= 4 is 34.0 Å². The van der Waals surface area contributed by atoms with E-state index in [4.69, 9.17) is 5.21 Å². The van der Waals surface area contributed by atoms with E-state index in [1.165, 1.54) is 6.21 Å². The molecule has 0 radical (unpaired) electrons. The van der Waals surface area contributed by atoms with Crippen molar-refractivity contribution in [1.82, 2.24) is 10.9 Å². The highest BCUT2D eigenvalue weighted by Gasteiger charge is 2.08. The first-order chi connectivity index (χ1) is 11.0. The van der Waals surface area contributed by atoms with Gasteiger partial charge in [-0.25, -0.2) is 10.9 Å². The third-order valence-corrected chi connectivity index (χ3v) is 3.81. The van der Waals surface area contributed by atoms with E-state index in [1.807, 2.05) is 6.07 Å². The molecule has 0 saturated carbocycles. The molecule has 0 aliphatic carbocycles. The van der Waals surface area contributed by atoms with Crippen LogP contribution in [0.2, 0.25) is 0 Å². The van der Waals surface area contributed by atoms with Crippen LogP contribution >= 0.6 is 15.9 Å². The van der Waals surface area contributed by atoms with Gasteiger partial charge in [0.05, 0.1) is 11.8 Å². The molecule has 2 aromatic carbocycles. The lowest BCUT2D eigenvalue weighted by Crippen LogP contribution is -2.19. The van der Waals surface area contributed by atoms with Crippen LogP contribution in [0, 0.1) is 6.92 Å². The maximum atomic E-state index is 12.0. The maximum absolute atomic E-state index is 12.0. The summed E-state index contributed by atoms with van der Waals surface area (Å²) in [6.45, 7) is 1.80. The van der Waals surface area contributed by atoms with Crippen LogP contribution in [-0.2, 0) is 0 Å². The quantitative estimate of drug-likeness (QED) is 0.435. The number of hydrazone groups is 1. The number of rotatable bonds is 4. The number of hydrogen-bond donors (Lipinski definition) is 3. The molecular weight excluding hydrogens is 362 g/mol. The maximum Gasteiger partial charge on any atom is 0.274 e. The van der Waals surface area contributed by atoms with Gasteiger partial charge in [-0.1, -0.05) is 18.2 Å². The number of aryl methyl sites for hydroxylation is 1. The minimum absolute atomic E-state index is 0.331. The van der Waals surface area contributed by atoms with Crippen LogP contribution in [0.1, 0.15) is 31.8 Å². The van der Waals surface area contributed by atoms with Gasteiger partial charge in [-0.3, -0.25) is 14.8 Å². The Morgan fingerprint density at radius 2 is 1.91 bits per heavy atom. The Bertz CT molecular complexity index is 775. The average Bonchev–Trinajstić information content (AvgIpc) is 2.55. The fraction of sp³-hybridized carbons (Fsp3) is 0.0625. The monoisotopic (exact) mass is 375 g/mol. The zero-order chi connectivity index (χ0) is 16.8. The molecule has 6 nitrogen and oxygen atoms in total. The summed E-state index contributed by atoms with van der Waals surface area (Å²) in [5.41, 5.74) is 6.36. The van der Waals surface area contributed by atoms with E-state index in [2.05, 4.69) is 26.5 Å². The van der Waals surface area contributed by atoms with Gasteiger partial charge >= 0.3 is 0 Å². The van der Waals surface area contributed by atoms with Gasteiger partial charge in [-0.2, -0.15) is 5.10 Å². The molecule has 2 rings (SSSR count). The number of hydrogen-bond acceptors (Lipinski definition) is 4. The predicted molar refractivity (Wildman–Crippen MR) is 89.6 cm³/mol. The molecule has 0 aromatic heterocycles. The van der Waals surface area contributed by atoms with Gasteiger partial charge < -0.3 is 0 Å². The van der Waals surface area contributed by atoms with E-state index in [1.54, 1.807) is 48.8 Å². The van der Waals surface area contributed by atoms with Crippen LogP contribution < -0.4 is 10.9 Å². The van der Waals surface area contributed by atoms with Crippen molar-refractivity contribution in [2.24, 2.45) is 5.10 Å². The topological polar surface area (TPSA) is 90.8 Å². The largest absolute Gasteiger partial charge is 0.288 e. The number of carbonyl (C=O) groups is 2. The van der Waals surface area contributed by atoms with E-state index < -0.39 is 5.91 Å². The third-order valence-electron chi connectivity index (χ3n) is 3.12. The fourth-order valence-corrected chi connectivity index (χ4v) is 2.36. The summed E-state index contributed by atoms with van der Waals surface area (Å²) in [7, 11) is 0. The smallest absolute Gasteiger partial charge is 0.274 e. The lowest BCUT2D eigenvalue weighted by molar-refractivity contribution is 0.0706. The van der Waals surface area contributed by atoms with E-state index >= 15 is 0 Å². The molecule has 3 N–H and O–H groups in total. The minimum Gasteiger partial charge on any atom is -0.288 e. The first-order valence-electron chi connectivity index (χ1n) is 6.66. The van der Waals surface area contributed by atoms with Gasteiger partial charge in [0.2, 0.25) is 0 Å².